The standard InChI is InChI=1S/C37H52O4S/c1-9-13-15-17-19-21-25-37(26-22-20-18-16-14-10-2)31(23-27-35(5,6)38)40-33-29(11-3)42-30(12-4)34(33)41-32(37)24-28-36(7,8)39/h3-4,31-32,38-39H,9-10,13-22,25-26H2,1-2,5-8H3. The normalized spacial score (nSPS) is 17.6. The molecule has 2 rings (SSSR count). The first kappa shape index (κ1) is 35.7. The smallest absolute Gasteiger partial charge is 0.191 e. The molecule has 1 aliphatic heterocycles. The molecule has 5 heteroatoms. The van der Waals surface area contributed by atoms with Crippen molar-refractivity contribution in [2.24, 2.45) is 5.41 Å². The first-order chi connectivity index (χ1) is 19.9. The molecule has 0 saturated heterocycles. The highest BCUT2D eigenvalue weighted by Crippen LogP contribution is 2.51. The molecule has 1 aromatic heterocycles. The van der Waals surface area contributed by atoms with E-state index in [1.807, 2.05) is 0 Å². The summed E-state index contributed by atoms with van der Waals surface area (Å²) in [5, 5.41) is 21.2. The van der Waals surface area contributed by atoms with Crippen LogP contribution in [0.1, 0.15) is 141 Å². The minimum atomic E-state index is -1.22. The van der Waals surface area contributed by atoms with Gasteiger partial charge in [0, 0.05) is 0 Å². The molecule has 0 radical (unpaired) electrons. The summed E-state index contributed by atoms with van der Waals surface area (Å²) in [4.78, 5) is 1.11. The molecule has 4 nitrogen and oxygen atoms in total. The van der Waals surface area contributed by atoms with E-state index >= 15 is 0 Å². The number of hydrogen-bond acceptors (Lipinski definition) is 5. The van der Waals surface area contributed by atoms with Crippen LogP contribution >= 0.6 is 11.3 Å². The Balaban J connectivity index is 2.70. The molecular formula is C37H52O4S. The monoisotopic (exact) mass is 592 g/mol. The Morgan fingerprint density at radius 2 is 1.02 bits per heavy atom. The van der Waals surface area contributed by atoms with Gasteiger partial charge in [0.1, 0.15) is 21.0 Å². The molecule has 0 bridgehead atoms. The molecule has 2 heterocycles. The van der Waals surface area contributed by atoms with Crippen LogP contribution < -0.4 is 9.47 Å². The van der Waals surface area contributed by atoms with Crippen LogP contribution in [0.5, 0.6) is 11.5 Å². The van der Waals surface area contributed by atoms with Crippen molar-refractivity contribution in [3.63, 3.8) is 0 Å². The summed E-state index contributed by atoms with van der Waals surface area (Å²) in [5.74, 6) is 19.0. The lowest BCUT2D eigenvalue weighted by molar-refractivity contribution is 0.00800. The lowest BCUT2D eigenvalue weighted by Gasteiger charge is -2.40. The van der Waals surface area contributed by atoms with Gasteiger partial charge in [-0.3, -0.25) is 0 Å². The summed E-state index contributed by atoms with van der Waals surface area (Å²) in [6.07, 6.45) is 25.8. The van der Waals surface area contributed by atoms with Gasteiger partial charge in [-0.2, -0.15) is 0 Å². The van der Waals surface area contributed by atoms with E-state index in [0.29, 0.717) is 21.3 Å². The average Bonchev–Trinajstić information content (AvgIpc) is 3.19. The van der Waals surface area contributed by atoms with Crippen LogP contribution in [0, 0.1) is 53.8 Å². The summed E-state index contributed by atoms with van der Waals surface area (Å²) >= 11 is 1.28. The molecule has 0 saturated carbocycles. The zero-order valence-corrected chi connectivity index (χ0v) is 27.6. The van der Waals surface area contributed by atoms with E-state index in [1.165, 1.54) is 49.9 Å². The third-order valence-corrected chi connectivity index (χ3v) is 8.63. The molecule has 42 heavy (non-hydrogen) atoms. The minimum Gasteiger partial charge on any atom is -0.471 e. The van der Waals surface area contributed by atoms with Gasteiger partial charge in [0.25, 0.3) is 0 Å². The Labute approximate surface area is 260 Å². The first-order valence-corrected chi connectivity index (χ1v) is 16.7. The van der Waals surface area contributed by atoms with Gasteiger partial charge in [-0.1, -0.05) is 126 Å². The second-order valence-electron chi connectivity index (χ2n) is 12.6. The summed E-state index contributed by atoms with van der Waals surface area (Å²) in [5.41, 5.74) is -3.07. The highest BCUT2D eigenvalue weighted by Gasteiger charge is 2.50. The van der Waals surface area contributed by atoms with Crippen LogP contribution in [0.25, 0.3) is 0 Å². The summed E-state index contributed by atoms with van der Waals surface area (Å²) in [6, 6.07) is 0. The minimum absolute atomic E-state index is 0.424. The Kier molecular flexibility index (Phi) is 14.4. The van der Waals surface area contributed by atoms with Crippen molar-refractivity contribution in [2.75, 3.05) is 0 Å². The number of thiophene rings is 1. The van der Waals surface area contributed by atoms with Crippen LogP contribution in [0.4, 0.5) is 0 Å². The number of ether oxygens (including phenoxy) is 2. The van der Waals surface area contributed by atoms with Crippen LogP contribution in [-0.4, -0.2) is 33.6 Å². The number of hydrogen-bond donors (Lipinski definition) is 2. The largest absolute Gasteiger partial charge is 0.471 e. The highest BCUT2D eigenvalue weighted by atomic mass is 32.1. The van der Waals surface area contributed by atoms with Crippen molar-refractivity contribution in [1.82, 2.24) is 0 Å². The zero-order valence-electron chi connectivity index (χ0n) is 26.8. The molecule has 2 atom stereocenters. The van der Waals surface area contributed by atoms with Gasteiger partial charge in [-0.15, -0.1) is 24.2 Å². The van der Waals surface area contributed by atoms with Crippen molar-refractivity contribution in [3.05, 3.63) is 9.75 Å². The van der Waals surface area contributed by atoms with Crippen molar-refractivity contribution < 1.29 is 19.7 Å². The van der Waals surface area contributed by atoms with Gasteiger partial charge in [0.05, 0.1) is 5.41 Å². The Morgan fingerprint density at radius 1 is 0.667 bits per heavy atom. The van der Waals surface area contributed by atoms with Gasteiger partial charge in [-0.05, 0) is 40.5 Å². The predicted molar refractivity (Wildman–Crippen MR) is 176 cm³/mol. The van der Waals surface area contributed by atoms with Gasteiger partial charge in [0.15, 0.2) is 23.7 Å². The fourth-order valence-electron chi connectivity index (χ4n) is 5.36. The molecule has 1 aliphatic rings. The molecule has 0 aliphatic carbocycles. The summed E-state index contributed by atoms with van der Waals surface area (Å²) in [6.45, 7) is 11.1. The number of terminal acetylenes is 2. The van der Waals surface area contributed by atoms with Crippen LogP contribution in [-0.2, 0) is 0 Å². The second kappa shape index (κ2) is 16.9. The maximum Gasteiger partial charge on any atom is 0.191 e. The van der Waals surface area contributed by atoms with E-state index in [9.17, 15) is 10.2 Å². The van der Waals surface area contributed by atoms with Gasteiger partial charge in [0.2, 0.25) is 0 Å². The lowest BCUT2D eigenvalue weighted by Crippen LogP contribution is -2.48. The third-order valence-electron chi connectivity index (χ3n) is 7.61. The SMILES string of the molecule is C#Cc1sc(C#C)c2c1OC(C#CC(C)(C)O)C(CCCCCCCC)(CCCCCCCC)C(C#CC(C)(C)O)O2. The van der Waals surface area contributed by atoms with Crippen molar-refractivity contribution >= 4 is 11.3 Å². The molecule has 1 aromatic rings. The zero-order chi connectivity index (χ0) is 31.2. The van der Waals surface area contributed by atoms with Crippen LogP contribution in [0.3, 0.4) is 0 Å². The van der Waals surface area contributed by atoms with E-state index in [4.69, 9.17) is 22.3 Å². The molecule has 0 fully saturated rings. The highest BCUT2D eigenvalue weighted by molar-refractivity contribution is 7.13. The van der Waals surface area contributed by atoms with E-state index in [-0.39, 0.29) is 0 Å². The number of rotatable bonds is 14. The van der Waals surface area contributed by atoms with E-state index in [1.54, 1.807) is 27.7 Å². The molecule has 0 aromatic carbocycles. The average molecular weight is 593 g/mol. The molecule has 230 valence electrons. The van der Waals surface area contributed by atoms with Crippen LogP contribution in [0.2, 0.25) is 0 Å². The molecule has 0 spiro atoms. The maximum absolute atomic E-state index is 10.6. The summed E-state index contributed by atoms with van der Waals surface area (Å²) in [7, 11) is 0. The fourth-order valence-corrected chi connectivity index (χ4v) is 6.15. The maximum atomic E-state index is 10.6. The predicted octanol–water partition coefficient (Wildman–Crippen LogP) is 8.26. The topological polar surface area (TPSA) is 58.9 Å². The quantitative estimate of drug-likeness (QED) is 0.169. The van der Waals surface area contributed by atoms with Crippen LogP contribution in [0.15, 0.2) is 0 Å². The number of unbranched alkanes of at least 4 members (excludes halogenated alkanes) is 10. The van der Waals surface area contributed by atoms with Crippen molar-refractivity contribution in [3.8, 4) is 59.9 Å². The Hall–Kier alpha value is -2.54. The van der Waals surface area contributed by atoms with Gasteiger partial charge in [-0.25, -0.2) is 0 Å². The summed E-state index contributed by atoms with van der Waals surface area (Å²) < 4.78 is 13.5. The first-order valence-electron chi connectivity index (χ1n) is 15.8. The number of aliphatic hydroxyl groups is 2. The third kappa shape index (κ3) is 10.9. The molecule has 2 N–H and O–H groups in total. The van der Waals surface area contributed by atoms with E-state index in [0.717, 1.165) is 51.4 Å². The Morgan fingerprint density at radius 3 is 1.36 bits per heavy atom. The van der Waals surface area contributed by atoms with Crippen molar-refractivity contribution in [1.29, 1.82) is 0 Å². The number of fused-ring (bicyclic) bond motifs is 1. The molecule has 2 unspecified atom stereocenters. The fraction of sp³-hybridized carbons (Fsp3) is 0.676. The van der Waals surface area contributed by atoms with E-state index in [2.05, 4.69) is 49.4 Å². The molecule has 0 amide bonds. The second-order valence-corrected chi connectivity index (χ2v) is 13.6. The molecular weight excluding hydrogens is 540 g/mol. The lowest BCUT2D eigenvalue weighted by atomic mass is 9.69. The Bertz CT molecular complexity index is 1100. The van der Waals surface area contributed by atoms with Gasteiger partial charge >= 0.3 is 0 Å². The van der Waals surface area contributed by atoms with Gasteiger partial charge < -0.3 is 19.7 Å². The van der Waals surface area contributed by atoms with E-state index < -0.39 is 28.8 Å². The van der Waals surface area contributed by atoms with Crippen molar-refractivity contribution in [2.45, 2.75) is 155 Å².